The molecule has 1 saturated carbocycles. The standard InChI is InChI=1S/C13H17Cl2N/c1-9(16-11-4-2-3-5-11)12-7-6-10(14)8-13(12)15/h6-9,11,16H,2-5H2,1H3. The summed E-state index contributed by atoms with van der Waals surface area (Å²) in [6.07, 6.45) is 5.27. The third kappa shape index (κ3) is 2.91. The summed E-state index contributed by atoms with van der Waals surface area (Å²) in [6.45, 7) is 2.16. The smallest absolute Gasteiger partial charge is 0.0468 e. The fourth-order valence-electron chi connectivity index (χ4n) is 2.39. The van der Waals surface area contributed by atoms with Gasteiger partial charge in [0.25, 0.3) is 0 Å². The van der Waals surface area contributed by atoms with Crippen LogP contribution in [0.4, 0.5) is 0 Å². The SMILES string of the molecule is CC(NC1CCCC1)c1ccc(Cl)cc1Cl. The average Bonchev–Trinajstić information content (AvgIpc) is 2.70. The van der Waals surface area contributed by atoms with Gasteiger partial charge in [0.15, 0.2) is 0 Å². The van der Waals surface area contributed by atoms with Crippen molar-refractivity contribution in [1.82, 2.24) is 5.32 Å². The summed E-state index contributed by atoms with van der Waals surface area (Å²) in [5.41, 5.74) is 1.14. The maximum Gasteiger partial charge on any atom is 0.0468 e. The molecule has 0 heterocycles. The highest BCUT2D eigenvalue weighted by Crippen LogP contribution is 2.28. The van der Waals surface area contributed by atoms with E-state index in [1.807, 2.05) is 18.2 Å². The number of hydrogen-bond acceptors (Lipinski definition) is 1. The summed E-state index contributed by atoms with van der Waals surface area (Å²) in [7, 11) is 0. The zero-order chi connectivity index (χ0) is 11.5. The Kier molecular flexibility index (Phi) is 4.12. The molecule has 0 spiro atoms. The molecule has 0 saturated heterocycles. The van der Waals surface area contributed by atoms with Crippen LogP contribution >= 0.6 is 23.2 Å². The molecule has 0 bridgehead atoms. The molecule has 0 aromatic heterocycles. The van der Waals surface area contributed by atoms with E-state index in [0.717, 1.165) is 10.6 Å². The second-order valence-electron chi connectivity index (χ2n) is 4.54. The van der Waals surface area contributed by atoms with Crippen LogP contribution in [0.2, 0.25) is 10.0 Å². The van der Waals surface area contributed by atoms with Crippen molar-refractivity contribution in [3.8, 4) is 0 Å². The van der Waals surface area contributed by atoms with Gasteiger partial charge in [-0.3, -0.25) is 0 Å². The molecule has 1 fully saturated rings. The van der Waals surface area contributed by atoms with Gasteiger partial charge in [-0.2, -0.15) is 0 Å². The molecule has 0 aliphatic heterocycles. The first-order valence-electron chi connectivity index (χ1n) is 5.88. The van der Waals surface area contributed by atoms with Crippen molar-refractivity contribution in [3.63, 3.8) is 0 Å². The van der Waals surface area contributed by atoms with Gasteiger partial charge < -0.3 is 5.32 Å². The second-order valence-corrected chi connectivity index (χ2v) is 5.38. The van der Waals surface area contributed by atoms with Crippen molar-refractivity contribution >= 4 is 23.2 Å². The van der Waals surface area contributed by atoms with Crippen LogP contribution in [0, 0.1) is 0 Å². The molecule has 1 aliphatic rings. The highest BCUT2D eigenvalue weighted by molar-refractivity contribution is 6.35. The summed E-state index contributed by atoms with van der Waals surface area (Å²) in [5, 5.41) is 5.08. The van der Waals surface area contributed by atoms with E-state index in [1.165, 1.54) is 25.7 Å². The van der Waals surface area contributed by atoms with Crippen molar-refractivity contribution in [3.05, 3.63) is 33.8 Å². The van der Waals surface area contributed by atoms with Crippen molar-refractivity contribution < 1.29 is 0 Å². The zero-order valence-corrected chi connectivity index (χ0v) is 11.0. The maximum atomic E-state index is 6.19. The number of rotatable bonds is 3. The molecule has 1 aliphatic carbocycles. The van der Waals surface area contributed by atoms with E-state index in [-0.39, 0.29) is 0 Å². The fraction of sp³-hybridized carbons (Fsp3) is 0.538. The van der Waals surface area contributed by atoms with Gasteiger partial charge >= 0.3 is 0 Å². The van der Waals surface area contributed by atoms with Crippen molar-refractivity contribution in [2.45, 2.75) is 44.7 Å². The van der Waals surface area contributed by atoms with E-state index in [4.69, 9.17) is 23.2 Å². The number of halogens is 2. The van der Waals surface area contributed by atoms with Crippen LogP contribution in [-0.2, 0) is 0 Å². The molecular formula is C13H17Cl2N. The Bertz CT molecular complexity index is 359. The van der Waals surface area contributed by atoms with Gasteiger partial charge in [0.2, 0.25) is 0 Å². The minimum Gasteiger partial charge on any atom is -0.307 e. The van der Waals surface area contributed by atoms with Gasteiger partial charge in [0.1, 0.15) is 0 Å². The molecule has 3 heteroatoms. The molecule has 1 N–H and O–H groups in total. The molecule has 1 atom stereocenters. The van der Waals surface area contributed by atoms with E-state index in [1.54, 1.807) is 0 Å². The summed E-state index contributed by atoms with van der Waals surface area (Å²) in [6, 6.07) is 6.67. The Morgan fingerprint density at radius 2 is 1.94 bits per heavy atom. The van der Waals surface area contributed by atoms with Gasteiger partial charge in [0, 0.05) is 22.1 Å². The summed E-state index contributed by atoms with van der Waals surface area (Å²) < 4.78 is 0. The molecule has 1 unspecified atom stereocenters. The Balaban J connectivity index is 2.04. The molecule has 16 heavy (non-hydrogen) atoms. The Labute approximate surface area is 107 Å². The van der Waals surface area contributed by atoms with E-state index in [9.17, 15) is 0 Å². The first-order valence-corrected chi connectivity index (χ1v) is 6.63. The molecule has 0 amide bonds. The maximum absolute atomic E-state index is 6.19. The third-order valence-corrected chi connectivity index (χ3v) is 3.83. The third-order valence-electron chi connectivity index (χ3n) is 3.27. The molecule has 1 aromatic carbocycles. The monoisotopic (exact) mass is 257 g/mol. The van der Waals surface area contributed by atoms with Crippen LogP contribution < -0.4 is 5.32 Å². The lowest BCUT2D eigenvalue weighted by molar-refractivity contribution is 0.461. The number of hydrogen-bond donors (Lipinski definition) is 1. The van der Waals surface area contributed by atoms with Crippen LogP contribution in [0.1, 0.15) is 44.2 Å². The predicted molar refractivity (Wildman–Crippen MR) is 70.3 cm³/mol. The van der Waals surface area contributed by atoms with Crippen LogP contribution in [-0.4, -0.2) is 6.04 Å². The van der Waals surface area contributed by atoms with Crippen LogP contribution in [0.25, 0.3) is 0 Å². The van der Waals surface area contributed by atoms with E-state index >= 15 is 0 Å². The van der Waals surface area contributed by atoms with E-state index in [0.29, 0.717) is 17.1 Å². The Morgan fingerprint density at radius 3 is 2.56 bits per heavy atom. The van der Waals surface area contributed by atoms with Gasteiger partial charge in [-0.15, -0.1) is 0 Å². The lowest BCUT2D eigenvalue weighted by atomic mass is 10.1. The Hall–Kier alpha value is -0.240. The van der Waals surface area contributed by atoms with Crippen molar-refractivity contribution in [2.75, 3.05) is 0 Å². The molecule has 1 nitrogen and oxygen atoms in total. The molecule has 88 valence electrons. The van der Waals surface area contributed by atoms with Crippen molar-refractivity contribution in [2.24, 2.45) is 0 Å². The minimum atomic E-state index is 0.299. The molecule has 0 radical (unpaired) electrons. The Morgan fingerprint density at radius 1 is 1.25 bits per heavy atom. The van der Waals surface area contributed by atoms with Gasteiger partial charge in [0.05, 0.1) is 0 Å². The van der Waals surface area contributed by atoms with Crippen molar-refractivity contribution in [1.29, 1.82) is 0 Å². The first kappa shape index (κ1) is 12.2. The summed E-state index contributed by atoms with van der Waals surface area (Å²) >= 11 is 12.1. The summed E-state index contributed by atoms with van der Waals surface area (Å²) in [4.78, 5) is 0. The minimum absolute atomic E-state index is 0.299. The lowest BCUT2D eigenvalue weighted by Crippen LogP contribution is -2.29. The number of benzene rings is 1. The second kappa shape index (κ2) is 5.39. The van der Waals surface area contributed by atoms with Gasteiger partial charge in [-0.05, 0) is 37.5 Å². The van der Waals surface area contributed by atoms with E-state index < -0.39 is 0 Å². The van der Waals surface area contributed by atoms with Gasteiger partial charge in [-0.25, -0.2) is 0 Å². The topological polar surface area (TPSA) is 12.0 Å². The summed E-state index contributed by atoms with van der Waals surface area (Å²) in [5.74, 6) is 0. The number of nitrogens with one attached hydrogen (secondary N) is 1. The fourth-order valence-corrected chi connectivity index (χ4v) is 2.96. The van der Waals surface area contributed by atoms with Crippen LogP contribution in [0.5, 0.6) is 0 Å². The molecule has 2 rings (SSSR count). The lowest BCUT2D eigenvalue weighted by Gasteiger charge is -2.20. The predicted octanol–water partition coefficient (Wildman–Crippen LogP) is 4.59. The quantitative estimate of drug-likeness (QED) is 0.836. The van der Waals surface area contributed by atoms with Crippen LogP contribution in [0.15, 0.2) is 18.2 Å². The van der Waals surface area contributed by atoms with Crippen LogP contribution in [0.3, 0.4) is 0 Å². The highest BCUT2D eigenvalue weighted by atomic mass is 35.5. The largest absolute Gasteiger partial charge is 0.307 e. The molecular weight excluding hydrogens is 241 g/mol. The normalized spacial score (nSPS) is 18.9. The van der Waals surface area contributed by atoms with E-state index in [2.05, 4.69) is 12.2 Å². The first-order chi connectivity index (χ1) is 7.66. The average molecular weight is 258 g/mol. The van der Waals surface area contributed by atoms with Gasteiger partial charge in [-0.1, -0.05) is 42.1 Å². The zero-order valence-electron chi connectivity index (χ0n) is 9.47. The highest BCUT2D eigenvalue weighted by Gasteiger charge is 2.18. The molecule has 1 aromatic rings.